The molecule has 6 heteroatoms. The Kier molecular flexibility index (Phi) is 6.73. The quantitative estimate of drug-likeness (QED) is 0.648. The second-order valence-corrected chi connectivity index (χ2v) is 8.19. The van der Waals surface area contributed by atoms with E-state index in [1.807, 2.05) is 42.5 Å². The van der Waals surface area contributed by atoms with Crippen LogP contribution < -0.4 is 0 Å². The van der Waals surface area contributed by atoms with E-state index in [0.29, 0.717) is 22.3 Å². The highest BCUT2D eigenvalue weighted by atomic mass is 16.5. The van der Waals surface area contributed by atoms with E-state index in [9.17, 15) is 14.4 Å². The minimum absolute atomic E-state index is 0.0108. The van der Waals surface area contributed by atoms with Gasteiger partial charge in [-0.2, -0.15) is 0 Å². The zero-order valence-corrected chi connectivity index (χ0v) is 18.9. The predicted molar refractivity (Wildman–Crippen MR) is 124 cm³/mol. The van der Waals surface area contributed by atoms with Crippen LogP contribution in [-0.4, -0.2) is 43.0 Å². The monoisotopic (exact) mass is 445 g/mol. The Morgan fingerprint density at radius 2 is 1.42 bits per heavy atom. The molecule has 2 aromatic carbocycles. The third-order valence-corrected chi connectivity index (χ3v) is 6.27. The van der Waals surface area contributed by atoms with Gasteiger partial charge in [0.25, 0.3) is 5.91 Å². The summed E-state index contributed by atoms with van der Waals surface area (Å²) in [5, 5.41) is 0. The molecule has 33 heavy (non-hydrogen) atoms. The van der Waals surface area contributed by atoms with Crippen molar-refractivity contribution in [2.75, 3.05) is 14.2 Å². The van der Waals surface area contributed by atoms with Gasteiger partial charge in [0, 0.05) is 23.4 Å². The van der Waals surface area contributed by atoms with Crippen molar-refractivity contribution >= 4 is 23.4 Å². The van der Waals surface area contributed by atoms with Gasteiger partial charge in [-0.3, -0.25) is 4.79 Å². The van der Waals surface area contributed by atoms with Crippen LogP contribution in [0.25, 0.3) is 5.57 Å². The van der Waals surface area contributed by atoms with Crippen LogP contribution in [0.15, 0.2) is 71.9 Å². The number of hydrogen-bond acceptors (Lipinski definition) is 5. The van der Waals surface area contributed by atoms with E-state index in [4.69, 9.17) is 9.47 Å². The maximum atomic E-state index is 13.9. The molecule has 6 nitrogen and oxygen atoms in total. The number of benzene rings is 2. The molecule has 2 aromatic rings. The fraction of sp³-hybridized carbons (Fsp3) is 0.296. The molecule has 1 heterocycles. The Morgan fingerprint density at radius 1 is 0.818 bits per heavy atom. The second kappa shape index (κ2) is 9.86. The van der Waals surface area contributed by atoms with Crippen LogP contribution in [-0.2, 0) is 19.1 Å². The Morgan fingerprint density at radius 3 is 2.06 bits per heavy atom. The summed E-state index contributed by atoms with van der Waals surface area (Å²) in [6.45, 7) is 0. The second-order valence-electron chi connectivity index (χ2n) is 8.19. The Balaban J connectivity index is 2.09. The lowest BCUT2D eigenvalue weighted by Gasteiger charge is -2.34. The molecule has 0 radical (unpaired) electrons. The summed E-state index contributed by atoms with van der Waals surface area (Å²) in [6.07, 6.45) is 6.30. The Bertz CT molecular complexity index is 1130. The topological polar surface area (TPSA) is 72.9 Å². The number of esters is 2. The largest absolute Gasteiger partial charge is 0.465 e. The summed E-state index contributed by atoms with van der Waals surface area (Å²) in [5.41, 5.74) is 2.30. The van der Waals surface area contributed by atoms with Crippen molar-refractivity contribution in [1.82, 2.24) is 4.90 Å². The molecule has 1 amide bonds. The van der Waals surface area contributed by atoms with Crippen LogP contribution >= 0.6 is 0 Å². The number of hydrogen-bond donors (Lipinski definition) is 0. The van der Waals surface area contributed by atoms with Crippen molar-refractivity contribution in [3.8, 4) is 0 Å². The molecule has 0 saturated heterocycles. The third kappa shape index (κ3) is 4.33. The average molecular weight is 446 g/mol. The number of fused-ring (bicyclic) bond motifs is 1. The van der Waals surface area contributed by atoms with Crippen LogP contribution in [0.2, 0.25) is 0 Å². The fourth-order valence-corrected chi connectivity index (χ4v) is 4.67. The van der Waals surface area contributed by atoms with Gasteiger partial charge in [-0.25, -0.2) is 9.59 Å². The van der Waals surface area contributed by atoms with Crippen molar-refractivity contribution in [2.24, 2.45) is 0 Å². The van der Waals surface area contributed by atoms with Gasteiger partial charge in [-0.05, 0) is 30.0 Å². The lowest BCUT2D eigenvalue weighted by atomic mass is 9.84. The van der Waals surface area contributed by atoms with E-state index in [0.717, 1.165) is 32.1 Å². The molecule has 4 rings (SSSR count). The summed E-state index contributed by atoms with van der Waals surface area (Å²) < 4.78 is 10.2. The van der Waals surface area contributed by atoms with Crippen molar-refractivity contribution in [1.29, 1.82) is 0 Å². The zero-order valence-electron chi connectivity index (χ0n) is 18.9. The first-order valence-corrected chi connectivity index (χ1v) is 11.2. The first-order valence-electron chi connectivity index (χ1n) is 11.2. The molecule has 0 spiro atoms. The SMILES string of the molecule is COC(=O)C1=C/N(C2CCCCC2)C(=O)c2ccccc2/C(c2ccccc2)=C\1C(=O)OC. The third-order valence-electron chi connectivity index (χ3n) is 6.27. The van der Waals surface area contributed by atoms with Crippen LogP contribution in [0.4, 0.5) is 0 Å². The fourth-order valence-electron chi connectivity index (χ4n) is 4.67. The number of carbonyl (C=O) groups is 3. The van der Waals surface area contributed by atoms with Gasteiger partial charge in [0.2, 0.25) is 0 Å². The van der Waals surface area contributed by atoms with E-state index in [2.05, 4.69) is 0 Å². The average Bonchev–Trinajstić information content (AvgIpc) is 2.87. The molecule has 0 atom stereocenters. The van der Waals surface area contributed by atoms with E-state index in [1.54, 1.807) is 17.0 Å². The molecule has 1 aliphatic heterocycles. The zero-order chi connectivity index (χ0) is 23.4. The maximum Gasteiger partial charge on any atom is 0.340 e. The molecular weight excluding hydrogens is 418 g/mol. The number of ether oxygens (including phenoxy) is 2. The number of amides is 1. The molecule has 170 valence electrons. The van der Waals surface area contributed by atoms with Crippen molar-refractivity contribution < 1.29 is 23.9 Å². The highest BCUT2D eigenvalue weighted by molar-refractivity contribution is 6.17. The van der Waals surface area contributed by atoms with E-state index in [1.165, 1.54) is 20.4 Å². The summed E-state index contributed by atoms with van der Waals surface area (Å²) >= 11 is 0. The number of carbonyl (C=O) groups excluding carboxylic acids is 3. The predicted octanol–water partition coefficient (Wildman–Crippen LogP) is 4.51. The lowest BCUT2D eigenvalue weighted by Crippen LogP contribution is -2.39. The first kappa shape index (κ1) is 22.5. The maximum absolute atomic E-state index is 13.9. The van der Waals surface area contributed by atoms with Crippen molar-refractivity contribution in [2.45, 2.75) is 38.1 Å². The van der Waals surface area contributed by atoms with Gasteiger partial charge >= 0.3 is 11.9 Å². The standard InChI is InChI=1S/C27H27NO5/c1-32-26(30)22-17-28(19-13-7-4-8-14-19)25(29)21-16-10-9-15-20(21)23(24(22)27(31)33-2)18-11-5-3-6-12-18/h3,5-6,9-12,15-17,19H,4,7-8,13-14H2,1-2H3/b22-17+,24-23+. The van der Waals surface area contributed by atoms with Crippen LogP contribution in [0.5, 0.6) is 0 Å². The normalized spacial score (nSPS) is 20.7. The highest BCUT2D eigenvalue weighted by Crippen LogP contribution is 2.37. The Labute approximate surface area is 193 Å². The van der Waals surface area contributed by atoms with E-state index < -0.39 is 11.9 Å². The molecular formula is C27H27NO5. The van der Waals surface area contributed by atoms with Crippen LogP contribution in [0, 0.1) is 0 Å². The van der Waals surface area contributed by atoms with Crippen LogP contribution in [0.1, 0.15) is 53.6 Å². The summed E-state index contributed by atoms with van der Waals surface area (Å²) in [7, 11) is 2.54. The molecule has 1 fully saturated rings. The lowest BCUT2D eigenvalue weighted by molar-refractivity contribution is -0.139. The minimum atomic E-state index is -0.697. The first-order chi connectivity index (χ1) is 16.1. The smallest absolute Gasteiger partial charge is 0.340 e. The van der Waals surface area contributed by atoms with Crippen molar-refractivity contribution in [3.63, 3.8) is 0 Å². The summed E-state index contributed by atoms with van der Waals surface area (Å²) in [5.74, 6) is -1.56. The van der Waals surface area contributed by atoms with Gasteiger partial charge < -0.3 is 14.4 Å². The Hall–Kier alpha value is -3.67. The molecule has 0 N–H and O–H groups in total. The summed E-state index contributed by atoms with van der Waals surface area (Å²) in [6, 6.07) is 16.4. The van der Waals surface area contributed by atoms with Gasteiger partial charge in [-0.1, -0.05) is 67.8 Å². The van der Waals surface area contributed by atoms with E-state index >= 15 is 0 Å². The molecule has 0 unspecified atom stereocenters. The number of methoxy groups -OCH3 is 2. The van der Waals surface area contributed by atoms with Crippen molar-refractivity contribution in [3.05, 3.63) is 88.6 Å². The minimum Gasteiger partial charge on any atom is -0.465 e. The number of nitrogens with zero attached hydrogens (tertiary/aromatic N) is 1. The summed E-state index contributed by atoms with van der Waals surface area (Å²) in [4.78, 5) is 41.7. The van der Waals surface area contributed by atoms with Crippen LogP contribution in [0.3, 0.4) is 0 Å². The number of rotatable bonds is 4. The molecule has 2 aliphatic rings. The van der Waals surface area contributed by atoms with Gasteiger partial charge in [0.05, 0.1) is 25.4 Å². The molecule has 1 saturated carbocycles. The van der Waals surface area contributed by atoms with E-state index in [-0.39, 0.29) is 23.1 Å². The van der Waals surface area contributed by atoms with Gasteiger partial charge in [-0.15, -0.1) is 0 Å². The molecule has 0 bridgehead atoms. The molecule has 0 aromatic heterocycles. The highest BCUT2D eigenvalue weighted by Gasteiger charge is 2.36. The van der Waals surface area contributed by atoms with Gasteiger partial charge in [0.15, 0.2) is 0 Å². The molecule has 1 aliphatic carbocycles. The van der Waals surface area contributed by atoms with Gasteiger partial charge in [0.1, 0.15) is 0 Å².